The minimum Gasteiger partial charge on any atom is -0.398 e. The molecule has 4 N–H and O–H groups in total. The van der Waals surface area contributed by atoms with Crippen LogP contribution in [0.4, 0.5) is 11.4 Å². The van der Waals surface area contributed by atoms with Crippen molar-refractivity contribution in [2.75, 3.05) is 18.1 Å². The van der Waals surface area contributed by atoms with Crippen molar-refractivity contribution in [1.82, 2.24) is 4.72 Å². The third-order valence-corrected chi connectivity index (χ3v) is 2.28. The second kappa shape index (κ2) is 4.83. The van der Waals surface area contributed by atoms with Gasteiger partial charge in [0.05, 0.1) is 0 Å². The molecule has 5 nitrogen and oxygen atoms in total. The molecule has 0 saturated carbocycles. The first-order valence-corrected chi connectivity index (χ1v) is 5.26. The number of rotatable bonds is 4. The molecule has 0 aromatic heterocycles. The van der Waals surface area contributed by atoms with Crippen LogP contribution in [-0.4, -0.2) is 15.5 Å². The van der Waals surface area contributed by atoms with E-state index < -0.39 is 10.9 Å². The van der Waals surface area contributed by atoms with E-state index in [2.05, 4.69) is 10.0 Å². The number of nitrogens with one attached hydrogen (secondary N) is 2. The number of hydrogen-bond acceptors (Lipinski definition) is 4. The lowest BCUT2D eigenvalue weighted by atomic mass is 10.1. The van der Waals surface area contributed by atoms with Gasteiger partial charge in [0.15, 0.2) is 0 Å². The van der Waals surface area contributed by atoms with Crippen molar-refractivity contribution in [2.24, 2.45) is 0 Å². The minimum atomic E-state index is -2.59. The van der Waals surface area contributed by atoms with Gasteiger partial charge in [0, 0.05) is 30.5 Å². The Bertz CT molecular complexity index is 382. The van der Waals surface area contributed by atoms with Crippen molar-refractivity contribution in [3.8, 4) is 0 Å². The van der Waals surface area contributed by atoms with Crippen LogP contribution < -0.4 is 15.8 Å². The van der Waals surface area contributed by atoms with Gasteiger partial charge in [0.2, 0.25) is 10.9 Å². The van der Waals surface area contributed by atoms with Gasteiger partial charge in [-0.2, -0.15) is 0 Å². The Hall–Kier alpha value is -1.27. The third-order valence-electron chi connectivity index (χ3n) is 1.87. The Morgan fingerprint density at radius 3 is 2.71 bits per heavy atom. The first kappa shape index (κ1) is 10.8. The zero-order valence-corrected chi connectivity index (χ0v) is 8.67. The molecule has 0 spiro atoms. The fourth-order valence-electron chi connectivity index (χ4n) is 1.18. The van der Waals surface area contributed by atoms with Gasteiger partial charge in [-0.15, -0.1) is 0 Å². The van der Waals surface area contributed by atoms with Gasteiger partial charge in [-0.25, -0.2) is 13.1 Å². The maximum Gasteiger partial charge on any atom is 0.201 e. The summed E-state index contributed by atoms with van der Waals surface area (Å²) < 4.78 is 23.0. The lowest BCUT2D eigenvalue weighted by molar-refractivity contribution is 0.602. The van der Waals surface area contributed by atoms with E-state index in [1.807, 2.05) is 12.1 Å². The second-order valence-electron chi connectivity index (χ2n) is 2.72. The van der Waals surface area contributed by atoms with Gasteiger partial charge >= 0.3 is 0 Å². The Labute approximate surface area is 84.4 Å². The quantitative estimate of drug-likeness (QED) is 0.418. The third kappa shape index (κ3) is 2.61. The van der Waals surface area contributed by atoms with Crippen LogP contribution in [0.5, 0.6) is 0 Å². The number of benzene rings is 1. The van der Waals surface area contributed by atoms with E-state index in [4.69, 9.17) is 5.73 Å². The highest BCUT2D eigenvalue weighted by Crippen LogP contribution is 2.20. The highest BCUT2D eigenvalue weighted by molar-refractivity contribution is 7.70. The molecule has 0 radical (unpaired) electrons. The minimum absolute atomic E-state index is 0.210. The molecule has 0 unspecified atom stereocenters. The molecule has 0 aliphatic carbocycles. The molecule has 0 aliphatic heterocycles. The molecule has 78 valence electrons. The Balaban J connectivity index is 2.92. The largest absolute Gasteiger partial charge is 0.398 e. The Morgan fingerprint density at radius 1 is 1.43 bits per heavy atom. The zero-order valence-electron chi connectivity index (χ0n) is 7.78. The predicted molar refractivity (Wildman–Crippen MR) is 57.6 cm³/mol. The van der Waals surface area contributed by atoms with Crippen LogP contribution in [0, 0.1) is 0 Å². The topological polar surface area (TPSA) is 84.2 Å². The summed E-state index contributed by atoms with van der Waals surface area (Å²) in [6.07, 6.45) is 0. The van der Waals surface area contributed by atoms with Crippen molar-refractivity contribution < 1.29 is 8.42 Å². The van der Waals surface area contributed by atoms with Crippen molar-refractivity contribution in [3.63, 3.8) is 0 Å². The highest BCUT2D eigenvalue weighted by Gasteiger charge is 2.04. The van der Waals surface area contributed by atoms with Gasteiger partial charge in [-0.3, -0.25) is 0 Å². The van der Waals surface area contributed by atoms with E-state index in [1.165, 1.54) is 0 Å². The normalized spacial score (nSPS) is 10.4. The fraction of sp³-hybridized carbons (Fsp3) is 0.250. The van der Waals surface area contributed by atoms with Gasteiger partial charge in [-0.05, 0) is 12.1 Å². The predicted octanol–water partition coefficient (Wildman–Crippen LogP) is -0.0735. The van der Waals surface area contributed by atoms with Crippen molar-refractivity contribution in [3.05, 3.63) is 23.8 Å². The van der Waals surface area contributed by atoms with Crippen LogP contribution in [0.3, 0.4) is 0 Å². The molecule has 0 saturated heterocycles. The van der Waals surface area contributed by atoms with E-state index >= 15 is 0 Å². The summed E-state index contributed by atoms with van der Waals surface area (Å²) in [4.78, 5) is 0. The average Bonchev–Trinajstić information content (AvgIpc) is 2.15. The second-order valence-corrected chi connectivity index (χ2v) is 3.55. The van der Waals surface area contributed by atoms with E-state index in [0.29, 0.717) is 5.69 Å². The number of thiol groups is 1. The van der Waals surface area contributed by atoms with Crippen LogP contribution in [0.25, 0.3) is 0 Å². The molecule has 0 fully saturated rings. The molecule has 0 bridgehead atoms. The summed E-state index contributed by atoms with van der Waals surface area (Å²) >= 11 is 0. The number of hydrogen-bond donors (Lipinski definition) is 4. The maximum atomic E-state index is 10.3. The molecular formula is C8H13N3O2S. The summed E-state index contributed by atoms with van der Waals surface area (Å²) in [5, 5.41) is 2.94. The van der Waals surface area contributed by atoms with E-state index in [1.54, 1.807) is 13.1 Å². The van der Waals surface area contributed by atoms with Gasteiger partial charge in [0.1, 0.15) is 0 Å². The van der Waals surface area contributed by atoms with Crippen LogP contribution in [0.2, 0.25) is 0 Å². The monoisotopic (exact) mass is 215 g/mol. The Morgan fingerprint density at radius 2 is 2.14 bits per heavy atom. The van der Waals surface area contributed by atoms with Crippen LogP contribution in [0.1, 0.15) is 5.56 Å². The lowest BCUT2D eigenvalue weighted by Gasteiger charge is -2.10. The highest BCUT2D eigenvalue weighted by atomic mass is 32.2. The Kier molecular flexibility index (Phi) is 3.73. The van der Waals surface area contributed by atoms with Crippen molar-refractivity contribution in [2.45, 2.75) is 6.54 Å². The van der Waals surface area contributed by atoms with Crippen molar-refractivity contribution in [1.29, 1.82) is 0 Å². The average molecular weight is 215 g/mol. The van der Waals surface area contributed by atoms with E-state index in [9.17, 15) is 8.42 Å². The molecular weight excluding hydrogens is 202 g/mol. The van der Waals surface area contributed by atoms with Crippen LogP contribution in [0.15, 0.2) is 18.2 Å². The lowest BCUT2D eigenvalue weighted by Crippen LogP contribution is -2.13. The summed E-state index contributed by atoms with van der Waals surface area (Å²) in [6, 6.07) is 5.38. The molecule has 6 heteroatoms. The van der Waals surface area contributed by atoms with E-state index in [-0.39, 0.29) is 6.54 Å². The van der Waals surface area contributed by atoms with Gasteiger partial charge in [-0.1, -0.05) is 6.07 Å². The fourth-order valence-corrected chi connectivity index (χ4v) is 1.47. The number of nitrogen functional groups attached to an aromatic ring is 1. The summed E-state index contributed by atoms with van der Waals surface area (Å²) in [5.41, 5.74) is 7.86. The van der Waals surface area contributed by atoms with E-state index in [0.717, 1.165) is 11.3 Å². The molecule has 1 aromatic carbocycles. The number of nitrogens with two attached hydrogens (primary N) is 1. The zero-order chi connectivity index (χ0) is 10.6. The number of anilines is 2. The molecule has 0 atom stereocenters. The van der Waals surface area contributed by atoms with Crippen molar-refractivity contribution >= 4 is 22.3 Å². The van der Waals surface area contributed by atoms with Gasteiger partial charge in [0.25, 0.3) is 0 Å². The first-order valence-electron chi connectivity index (χ1n) is 4.08. The standard InChI is InChI=1S/C8H13N3O2S/c1-10-8-4-2-3-7(9)6(8)5-11-14(12)13/h2-4,10,14H,5,9H2,1H3,(H,11,12,13). The van der Waals surface area contributed by atoms with Gasteiger partial charge < -0.3 is 11.1 Å². The maximum absolute atomic E-state index is 10.3. The molecule has 1 rings (SSSR count). The molecule has 0 aliphatic rings. The molecule has 0 heterocycles. The SMILES string of the molecule is CNc1cccc(N)c1CN[SH](=O)=O. The summed E-state index contributed by atoms with van der Waals surface area (Å²) in [7, 11) is -0.828. The molecule has 14 heavy (non-hydrogen) atoms. The van der Waals surface area contributed by atoms with Crippen LogP contribution >= 0.6 is 0 Å². The molecule has 0 amide bonds. The molecule has 1 aromatic rings. The van der Waals surface area contributed by atoms with Crippen LogP contribution in [-0.2, 0) is 17.4 Å². The first-order chi connectivity index (χ1) is 6.65. The smallest absolute Gasteiger partial charge is 0.201 e. The summed E-state index contributed by atoms with van der Waals surface area (Å²) in [5.74, 6) is 0. The summed E-state index contributed by atoms with van der Waals surface area (Å²) in [6.45, 7) is 0.210.